The van der Waals surface area contributed by atoms with Crippen LogP contribution in [-0.2, 0) is 0 Å². The quantitative estimate of drug-likeness (QED) is 0.465. The monoisotopic (exact) mass is 152 g/mol. The highest BCUT2D eigenvalue weighted by molar-refractivity contribution is 4.77. The van der Waals surface area contributed by atoms with E-state index in [4.69, 9.17) is 5.26 Å². The molecule has 0 heterocycles. The standard InChI is InChI=1S/C9H16N2/c1-2-3-5-8-11-9-6-4-7-10/h2-3,11H,4-6,8-9H2,1H3/b3-2+. The van der Waals surface area contributed by atoms with Crippen molar-refractivity contribution < 1.29 is 0 Å². The molecule has 0 spiro atoms. The lowest BCUT2D eigenvalue weighted by atomic mass is 10.3. The van der Waals surface area contributed by atoms with Crippen LogP contribution < -0.4 is 5.32 Å². The average molecular weight is 152 g/mol. The van der Waals surface area contributed by atoms with Crippen LogP contribution in [0.1, 0.15) is 26.2 Å². The van der Waals surface area contributed by atoms with Crippen molar-refractivity contribution >= 4 is 0 Å². The third kappa shape index (κ3) is 9.19. The van der Waals surface area contributed by atoms with Crippen LogP contribution in [0.2, 0.25) is 0 Å². The van der Waals surface area contributed by atoms with Crippen LogP contribution in [0.15, 0.2) is 12.2 Å². The van der Waals surface area contributed by atoms with Gasteiger partial charge in [0.25, 0.3) is 0 Å². The van der Waals surface area contributed by atoms with Crippen LogP contribution in [0.25, 0.3) is 0 Å². The van der Waals surface area contributed by atoms with Gasteiger partial charge in [-0.2, -0.15) is 5.26 Å². The Balaban J connectivity index is 2.86. The minimum absolute atomic E-state index is 0.663. The minimum Gasteiger partial charge on any atom is -0.316 e. The number of nitrogens with zero attached hydrogens (tertiary/aromatic N) is 1. The molecule has 0 fully saturated rings. The fourth-order valence-electron chi connectivity index (χ4n) is 0.770. The predicted octanol–water partition coefficient (Wildman–Crippen LogP) is 1.85. The van der Waals surface area contributed by atoms with Gasteiger partial charge in [-0.1, -0.05) is 12.2 Å². The van der Waals surface area contributed by atoms with Crippen molar-refractivity contribution in [1.29, 1.82) is 5.26 Å². The van der Waals surface area contributed by atoms with E-state index in [2.05, 4.69) is 23.5 Å². The molecular weight excluding hydrogens is 136 g/mol. The largest absolute Gasteiger partial charge is 0.316 e. The van der Waals surface area contributed by atoms with E-state index < -0.39 is 0 Å². The fraction of sp³-hybridized carbons (Fsp3) is 0.667. The maximum Gasteiger partial charge on any atom is 0.0622 e. The molecule has 0 unspecified atom stereocenters. The van der Waals surface area contributed by atoms with Gasteiger partial charge in [0.05, 0.1) is 6.07 Å². The van der Waals surface area contributed by atoms with E-state index >= 15 is 0 Å². The number of hydrogen-bond acceptors (Lipinski definition) is 2. The van der Waals surface area contributed by atoms with E-state index in [9.17, 15) is 0 Å². The lowest BCUT2D eigenvalue weighted by molar-refractivity contribution is 0.661. The van der Waals surface area contributed by atoms with Crippen molar-refractivity contribution in [2.45, 2.75) is 26.2 Å². The molecule has 1 N–H and O–H groups in total. The second kappa shape index (κ2) is 9.19. The van der Waals surface area contributed by atoms with Gasteiger partial charge >= 0.3 is 0 Å². The van der Waals surface area contributed by atoms with Crippen molar-refractivity contribution in [3.8, 4) is 6.07 Å². The van der Waals surface area contributed by atoms with Gasteiger partial charge in [0.15, 0.2) is 0 Å². The summed E-state index contributed by atoms with van der Waals surface area (Å²) in [5.74, 6) is 0. The summed E-state index contributed by atoms with van der Waals surface area (Å²) in [6.07, 6.45) is 6.90. The molecule has 0 bridgehead atoms. The first-order valence-corrected chi connectivity index (χ1v) is 4.10. The highest BCUT2D eigenvalue weighted by atomic mass is 14.8. The van der Waals surface area contributed by atoms with Crippen LogP contribution in [0.4, 0.5) is 0 Å². The summed E-state index contributed by atoms with van der Waals surface area (Å²) < 4.78 is 0. The number of unbranched alkanes of at least 4 members (excludes halogenated alkanes) is 1. The molecule has 0 saturated heterocycles. The summed E-state index contributed by atoms with van der Waals surface area (Å²) in [5.41, 5.74) is 0. The molecule has 62 valence electrons. The van der Waals surface area contributed by atoms with Gasteiger partial charge in [-0.15, -0.1) is 0 Å². The Morgan fingerprint density at radius 2 is 2.27 bits per heavy atom. The zero-order chi connectivity index (χ0) is 8.36. The molecule has 0 radical (unpaired) electrons. The smallest absolute Gasteiger partial charge is 0.0622 e. The van der Waals surface area contributed by atoms with Crippen LogP contribution in [0, 0.1) is 11.3 Å². The zero-order valence-corrected chi connectivity index (χ0v) is 7.14. The van der Waals surface area contributed by atoms with E-state index in [1.807, 2.05) is 6.92 Å². The Morgan fingerprint density at radius 1 is 1.45 bits per heavy atom. The van der Waals surface area contributed by atoms with Gasteiger partial charge in [-0.05, 0) is 32.9 Å². The molecular formula is C9H16N2. The van der Waals surface area contributed by atoms with Gasteiger partial charge in [0, 0.05) is 6.42 Å². The average Bonchev–Trinajstić information content (AvgIpc) is 2.03. The second-order valence-electron chi connectivity index (χ2n) is 2.37. The molecule has 0 amide bonds. The lowest BCUT2D eigenvalue weighted by Crippen LogP contribution is -2.15. The summed E-state index contributed by atoms with van der Waals surface area (Å²) in [6.45, 7) is 4.01. The Bertz CT molecular complexity index is 133. The van der Waals surface area contributed by atoms with Crippen LogP contribution in [0.5, 0.6) is 0 Å². The van der Waals surface area contributed by atoms with Crippen molar-refractivity contribution in [2.24, 2.45) is 0 Å². The third-order valence-corrected chi connectivity index (χ3v) is 1.37. The second-order valence-corrected chi connectivity index (χ2v) is 2.37. The lowest BCUT2D eigenvalue weighted by Gasteiger charge is -1.98. The molecule has 0 rings (SSSR count). The molecule has 0 aliphatic rings. The van der Waals surface area contributed by atoms with Gasteiger partial charge in [0.1, 0.15) is 0 Å². The summed E-state index contributed by atoms with van der Waals surface area (Å²) in [7, 11) is 0. The molecule has 0 atom stereocenters. The maximum absolute atomic E-state index is 8.22. The molecule has 0 aliphatic carbocycles. The summed E-state index contributed by atoms with van der Waals surface area (Å²) in [6, 6.07) is 2.12. The Morgan fingerprint density at radius 3 is 2.91 bits per heavy atom. The number of nitrogens with one attached hydrogen (secondary N) is 1. The number of nitriles is 1. The normalized spacial score (nSPS) is 10.2. The molecule has 0 saturated carbocycles. The Hall–Kier alpha value is -0.810. The first-order chi connectivity index (χ1) is 5.41. The minimum atomic E-state index is 0.663. The van der Waals surface area contributed by atoms with Gasteiger partial charge in [-0.25, -0.2) is 0 Å². The number of rotatable bonds is 6. The van der Waals surface area contributed by atoms with Crippen LogP contribution >= 0.6 is 0 Å². The van der Waals surface area contributed by atoms with E-state index in [1.54, 1.807) is 0 Å². The molecule has 0 aromatic carbocycles. The van der Waals surface area contributed by atoms with Gasteiger partial charge in [0.2, 0.25) is 0 Å². The number of hydrogen-bond donors (Lipinski definition) is 1. The van der Waals surface area contributed by atoms with Gasteiger partial charge < -0.3 is 5.32 Å². The van der Waals surface area contributed by atoms with Gasteiger partial charge in [-0.3, -0.25) is 0 Å². The zero-order valence-electron chi connectivity index (χ0n) is 7.14. The molecule has 2 nitrogen and oxygen atoms in total. The van der Waals surface area contributed by atoms with E-state index in [1.165, 1.54) is 0 Å². The highest BCUT2D eigenvalue weighted by Crippen LogP contribution is 1.84. The van der Waals surface area contributed by atoms with Crippen molar-refractivity contribution in [3.63, 3.8) is 0 Å². The predicted molar refractivity (Wildman–Crippen MR) is 47.1 cm³/mol. The first-order valence-electron chi connectivity index (χ1n) is 4.10. The molecule has 11 heavy (non-hydrogen) atoms. The van der Waals surface area contributed by atoms with E-state index in [0.717, 1.165) is 25.9 Å². The summed E-state index contributed by atoms with van der Waals surface area (Å²) >= 11 is 0. The Kier molecular flexibility index (Phi) is 8.51. The molecule has 2 heteroatoms. The Labute approximate surface area is 68.9 Å². The topological polar surface area (TPSA) is 35.8 Å². The van der Waals surface area contributed by atoms with Crippen LogP contribution in [0.3, 0.4) is 0 Å². The van der Waals surface area contributed by atoms with Crippen molar-refractivity contribution in [1.82, 2.24) is 5.32 Å². The van der Waals surface area contributed by atoms with E-state index in [-0.39, 0.29) is 0 Å². The summed E-state index contributed by atoms with van der Waals surface area (Å²) in [4.78, 5) is 0. The molecule has 0 aliphatic heterocycles. The highest BCUT2D eigenvalue weighted by Gasteiger charge is 1.84. The number of allylic oxidation sites excluding steroid dienone is 1. The van der Waals surface area contributed by atoms with Crippen molar-refractivity contribution in [3.05, 3.63) is 12.2 Å². The van der Waals surface area contributed by atoms with Crippen LogP contribution in [-0.4, -0.2) is 13.1 Å². The SMILES string of the molecule is C/C=C/CCNCCCC#N. The first kappa shape index (κ1) is 10.2. The van der Waals surface area contributed by atoms with E-state index in [0.29, 0.717) is 6.42 Å². The maximum atomic E-state index is 8.22. The third-order valence-electron chi connectivity index (χ3n) is 1.37. The van der Waals surface area contributed by atoms with Crippen molar-refractivity contribution in [2.75, 3.05) is 13.1 Å². The molecule has 0 aromatic rings. The molecule has 0 aromatic heterocycles. The fourth-order valence-corrected chi connectivity index (χ4v) is 0.770. The summed E-state index contributed by atoms with van der Waals surface area (Å²) in [5, 5.41) is 11.5.